The first-order chi connectivity index (χ1) is 32.2. The highest BCUT2D eigenvalue weighted by atomic mass is 35.5. The number of nitrogens with two attached hydrogens (primary N) is 1. The maximum Gasteiger partial charge on any atom is 0.328 e. The van der Waals surface area contributed by atoms with Crippen molar-refractivity contribution in [2.24, 2.45) is 11.1 Å². The fourth-order valence-corrected chi connectivity index (χ4v) is 10.9. The van der Waals surface area contributed by atoms with Gasteiger partial charge in [0.1, 0.15) is 11.5 Å². The first-order valence-electron chi connectivity index (χ1n) is 23.2. The first kappa shape index (κ1) is 46.6. The maximum atomic E-state index is 16.1. The quantitative estimate of drug-likeness (QED) is 0.174. The van der Waals surface area contributed by atoms with Gasteiger partial charge in [0.25, 0.3) is 17.7 Å². The molecule has 1 saturated carbocycles. The van der Waals surface area contributed by atoms with E-state index >= 15 is 13.2 Å². The van der Waals surface area contributed by atoms with E-state index < -0.39 is 41.5 Å². The Balaban J connectivity index is 0.000000870. The number of carbonyl (C=O) groups excluding carboxylic acids is 4. The van der Waals surface area contributed by atoms with Crippen molar-refractivity contribution in [1.29, 1.82) is 0 Å². The van der Waals surface area contributed by atoms with Crippen LogP contribution in [0, 0.1) is 11.2 Å². The number of imidazole rings is 1. The number of amides is 5. The van der Waals surface area contributed by atoms with Gasteiger partial charge in [-0.15, -0.1) is 5.10 Å². The van der Waals surface area contributed by atoms with Crippen LogP contribution in [0.15, 0.2) is 42.6 Å². The van der Waals surface area contributed by atoms with Crippen LogP contribution in [0.3, 0.4) is 0 Å². The molecule has 16 nitrogen and oxygen atoms in total. The van der Waals surface area contributed by atoms with E-state index in [1.165, 1.54) is 40.9 Å². The number of likely N-dealkylation sites (tertiary alicyclic amines) is 3. The Morgan fingerprint density at radius 3 is 2.33 bits per heavy atom. The van der Waals surface area contributed by atoms with Crippen molar-refractivity contribution in [3.63, 3.8) is 0 Å². The number of aromatic nitrogens is 3. The standard InChI is InChI=1S/C42H47ClF3N11O4.C5H10O/c1-48-30-21-35(51-57-33(37(47)59)22-49-38(30)57)55-13-5-26-25(3-2-4-31(26)55)23-52-12-6-34(42(45,46)24-52)53-15-8-41(9-16-53)10-17-54(18-11-41)39(60)27-19-32(28(43)20-29(27)44)56-14-7-36(58)50-40(56)61;1-6-5-3-2-4-5/h2-4,19-22,34,48H,5-18,23-24H2,1H3,(H2,47,59)(H,50,58,61);5H,2-4H2,1H3. The van der Waals surface area contributed by atoms with Crippen LogP contribution in [0.5, 0.6) is 0 Å². The Morgan fingerprint density at radius 2 is 1.69 bits per heavy atom. The van der Waals surface area contributed by atoms with E-state index in [9.17, 15) is 19.2 Å². The number of piperidine rings is 3. The molecule has 5 fully saturated rings. The topological polar surface area (TPSA) is 174 Å². The van der Waals surface area contributed by atoms with Gasteiger partial charge < -0.3 is 25.6 Å². The predicted octanol–water partition coefficient (Wildman–Crippen LogP) is 6.22. The molecule has 4 aromatic rings. The van der Waals surface area contributed by atoms with Crippen LogP contribution >= 0.6 is 11.6 Å². The third-order valence-corrected chi connectivity index (χ3v) is 15.1. The van der Waals surface area contributed by atoms with Crippen LogP contribution in [0.1, 0.15) is 89.8 Å². The monoisotopic (exact) mass is 947 g/mol. The summed E-state index contributed by atoms with van der Waals surface area (Å²) >= 11 is 6.28. The largest absolute Gasteiger partial charge is 0.385 e. The molecule has 1 unspecified atom stereocenters. The van der Waals surface area contributed by atoms with Crippen LogP contribution in [0.2, 0.25) is 5.02 Å². The van der Waals surface area contributed by atoms with Gasteiger partial charge in [0, 0.05) is 71.6 Å². The minimum atomic E-state index is -2.92. The molecule has 6 aliphatic rings. The van der Waals surface area contributed by atoms with E-state index in [-0.39, 0.29) is 46.9 Å². The minimum absolute atomic E-state index is 0.0442. The van der Waals surface area contributed by atoms with E-state index in [4.69, 9.17) is 27.2 Å². The average Bonchev–Trinajstić information content (AvgIpc) is 3.93. The van der Waals surface area contributed by atoms with Gasteiger partial charge in [-0.3, -0.25) is 34.4 Å². The highest BCUT2D eigenvalue weighted by Crippen LogP contribution is 2.45. The van der Waals surface area contributed by atoms with E-state index in [1.54, 1.807) is 19.1 Å². The number of nitrogens with one attached hydrogen (secondary N) is 2. The molecule has 10 rings (SSSR count). The van der Waals surface area contributed by atoms with E-state index in [2.05, 4.69) is 20.5 Å². The summed E-state index contributed by atoms with van der Waals surface area (Å²) in [5.74, 6) is -4.67. The molecule has 5 aliphatic heterocycles. The van der Waals surface area contributed by atoms with Crippen LogP contribution in [-0.2, 0) is 22.5 Å². The average molecular weight is 948 g/mol. The number of alkyl halides is 2. The summed E-state index contributed by atoms with van der Waals surface area (Å²) in [6.45, 7) is 3.16. The number of imide groups is 1. The van der Waals surface area contributed by atoms with Crippen molar-refractivity contribution >= 4 is 63.9 Å². The zero-order valence-corrected chi connectivity index (χ0v) is 38.6. The summed E-state index contributed by atoms with van der Waals surface area (Å²) in [6, 6.07) is 8.57. The Bertz CT molecular complexity index is 2550. The number of anilines is 4. The Morgan fingerprint density at radius 1 is 0.955 bits per heavy atom. The summed E-state index contributed by atoms with van der Waals surface area (Å²) < 4.78 is 53.8. The number of hydrogen-bond acceptors (Lipinski definition) is 11. The molecule has 1 spiro atoms. The number of ether oxygens (including phenoxy) is 1. The molecule has 4 saturated heterocycles. The number of rotatable bonds is 9. The molecular formula is C47H57ClF3N11O5. The maximum absolute atomic E-state index is 16.1. The molecule has 2 aromatic heterocycles. The smallest absolute Gasteiger partial charge is 0.328 e. The highest BCUT2D eigenvalue weighted by Gasteiger charge is 2.50. The minimum Gasteiger partial charge on any atom is -0.385 e. The lowest BCUT2D eigenvalue weighted by atomic mass is 9.70. The van der Waals surface area contributed by atoms with Crippen LogP contribution in [-0.4, -0.2) is 138 Å². The molecule has 20 heteroatoms. The number of halogens is 4. The zero-order valence-electron chi connectivity index (χ0n) is 37.8. The lowest BCUT2D eigenvalue weighted by Gasteiger charge is -2.51. The number of carbonyl (C=O) groups is 4. The van der Waals surface area contributed by atoms with Crippen molar-refractivity contribution < 1.29 is 37.1 Å². The highest BCUT2D eigenvalue weighted by molar-refractivity contribution is 6.34. The summed E-state index contributed by atoms with van der Waals surface area (Å²) in [4.78, 5) is 62.8. The van der Waals surface area contributed by atoms with Gasteiger partial charge in [0.05, 0.1) is 46.8 Å². The molecule has 4 N–H and O–H groups in total. The van der Waals surface area contributed by atoms with E-state index in [0.29, 0.717) is 94.8 Å². The van der Waals surface area contributed by atoms with Gasteiger partial charge in [-0.25, -0.2) is 27.5 Å². The Labute approximate surface area is 391 Å². The summed E-state index contributed by atoms with van der Waals surface area (Å²) in [7, 11) is 3.55. The number of benzene rings is 2. The van der Waals surface area contributed by atoms with Gasteiger partial charge in [-0.05, 0) is 106 Å². The van der Waals surface area contributed by atoms with Gasteiger partial charge >= 0.3 is 6.03 Å². The zero-order chi connectivity index (χ0) is 47.2. The molecule has 0 bridgehead atoms. The van der Waals surface area contributed by atoms with Crippen molar-refractivity contribution in [1.82, 2.24) is 34.6 Å². The molecule has 358 valence electrons. The first-order valence-corrected chi connectivity index (χ1v) is 23.6. The van der Waals surface area contributed by atoms with Crippen molar-refractivity contribution in [3.05, 3.63) is 75.8 Å². The number of nitrogens with zero attached hydrogens (tertiary/aromatic N) is 8. The van der Waals surface area contributed by atoms with Gasteiger partial charge in [0.15, 0.2) is 11.5 Å². The number of hydrogen-bond donors (Lipinski definition) is 3. The molecule has 2 aromatic carbocycles. The SMILES string of the molecule is CNc1cc(N2CCc3c(CN4CCC(N5CCC6(CCN(C(=O)c7cc(N8CCC(=O)NC8=O)c(Cl)cc7F)CC6)CC5)C(F)(F)C4)cccc32)nn2c(C(N)=O)cnc12.COC1CCC1. The lowest BCUT2D eigenvalue weighted by molar-refractivity contribution is -0.139. The van der Waals surface area contributed by atoms with Crippen LogP contribution in [0.4, 0.5) is 40.8 Å². The molecule has 1 aliphatic carbocycles. The summed E-state index contributed by atoms with van der Waals surface area (Å²) in [5, 5.41) is 10.0. The number of urea groups is 1. The van der Waals surface area contributed by atoms with Gasteiger partial charge in [0.2, 0.25) is 5.91 Å². The Hall–Kier alpha value is -5.50. The molecular weight excluding hydrogens is 891 g/mol. The lowest BCUT2D eigenvalue weighted by Crippen LogP contribution is -2.60. The molecule has 5 amide bonds. The van der Waals surface area contributed by atoms with Crippen LogP contribution in [0.25, 0.3) is 5.65 Å². The van der Waals surface area contributed by atoms with Crippen molar-refractivity contribution in [2.75, 3.05) is 81.6 Å². The number of methoxy groups -OCH3 is 1. The van der Waals surface area contributed by atoms with Crippen molar-refractivity contribution in [2.45, 2.75) is 88.8 Å². The van der Waals surface area contributed by atoms with Gasteiger partial charge in [-0.1, -0.05) is 23.7 Å². The van der Waals surface area contributed by atoms with Gasteiger partial charge in [-0.2, -0.15) is 0 Å². The fourth-order valence-electron chi connectivity index (χ4n) is 10.6. The van der Waals surface area contributed by atoms with E-state index in [1.807, 2.05) is 34.1 Å². The van der Waals surface area contributed by atoms with Crippen LogP contribution < -0.4 is 26.2 Å². The molecule has 0 radical (unpaired) electrons. The number of primary amides is 1. The summed E-state index contributed by atoms with van der Waals surface area (Å²) in [6.07, 6.45) is 9.91. The number of fused-ring (bicyclic) bond motifs is 2. The molecule has 67 heavy (non-hydrogen) atoms. The molecule has 7 heterocycles. The normalized spacial score (nSPS) is 22.0. The third kappa shape index (κ3) is 9.26. The van der Waals surface area contributed by atoms with Crippen molar-refractivity contribution in [3.8, 4) is 0 Å². The van der Waals surface area contributed by atoms with E-state index in [0.717, 1.165) is 35.7 Å². The second-order valence-electron chi connectivity index (χ2n) is 18.7. The Kier molecular flexibility index (Phi) is 13.1. The summed E-state index contributed by atoms with van der Waals surface area (Å²) in [5.41, 5.74) is 9.82. The fraction of sp³-hybridized carbons (Fsp3) is 0.532. The second kappa shape index (κ2) is 18.9. The third-order valence-electron chi connectivity index (χ3n) is 14.8. The molecule has 1 atom stereocenters. The second-order valence-corrected chi connectivity index (χ2v) is 19.1. The predicted molar refractivity (Wildman–Crippen MR) is 247 cm³/mol.